The number of nitrogens with one attached hydrogen (secondary N) is 1. The molecule has 1 aromatic carbocycles. The Balaban J connectivity index is 2.51. The molecule has 1 aromatic heterocycles. The average Bonchev–Trinajstić information content (AvgIpc) is 2.72. The van der Waals surface area contributed by atoms with E-state index in [-0.39, 0.29) is 11.5 Å². The normalized spacial score (nSPS) is 12.1. The summed E-state index contributed by atoms with van der Waals surface area (Å²) >= 11 is 0. The van der Waals surface area contributed by atoms with Crippen molar-refractivity contribution >= 4 is 20.7 Å². The highest BCUT2D eigenvalue weighted by molar-refractivity contribution is 7.90. The van der Waals surface area contributed by atoms with Crippen LogP contribution >= 0.6 is 0 Å². The predicted molar refractivity (Wildman–Crippen MR) is 69.4 cm³/mol. The zero-order valence-corrected chi connectivity index (χ0v) is 10.5. The number of H-pyrrole nitrogens is 1. The number of rotatable bonds is 4. The van der Waals surface area contributed by atoms with E-state index in [1.165, 1.54) is 0 Å². The van der Waals surface area contributed by atoms with Gasteiger partial charge in [-0.25, -0.2) is 8.42 Å². The van der Waals surface area contributed by atoms with E-state index < -0.39 is 9.84 Å². The van der Waals surface area contributed by atoms with Crippen LogP contribution < -0.4 is 5.73 Å². The minimum absolute atomic E-state index is 0.0809. The number of sulfone groups is 1. The van der Waals surface area contributed by atoms with E-state index >= 15 is 0 Å². The molecule has 2 rings (SSSR count). The maximum absolute atomic E-state index is 11.6. The maximum Gasteiger partial charge on any atom is 0.154 e. The molecule has 0 atom stereocenters. The summed E-state index contributed by atoms with van der Waals surface area (Å²) < 4.78 is 23.3. The fraction of sp³-hybridized carbons (Fsp3) is 0.333. The van der Waals surface area contributed by atoms with Gasteiger partial charge in [0, 0.05) is 23.9 Å². The van der Waals surface area contributed by atoms with Crippen molar-refractivity contribution in [3.05, 3.63) is 35.5 Å². The first-order valence-electron chi connectivity index (χ1n) is 5.55. The summed E-state index contributed by atoms with van der Waals surface area (Å²) in [6.45, 7) is 2.10. The highest BCUT2D eigenvalue weighted by atomic mass is 32.2. The highest BCUT2D eigenvalue weighted by Gasteiger charge is 2.13. The molecule has 0 radical (unpaired) electrons. The van der Waals surface area contributed by atoms with Crippen molar-refractivity contribution in [1.82, 2.24) is 4.98 Å². The van der Waals surface area contributed by atoms with Crippen molar-refractivity contribution in [2.75, 3.05) is 5.75 Å². The molecule has 0 spiro atoms. The number of hydrogen-bond donors (Lipinski definition) is 2. The number of aromatic nitrogens is 1. The summed E-state index contributed by atoms with van der Waals surface area (Å²) in [6, 6.07) is 5.77. The Morgan fingerprint density at radius 2 is 2.06 bits per heavy atom. The van der Waals surface area contributed by atoms with Crippen LogP contribution in [0.3, 0.4) is 0 Å². The van der Waals surface area contributed by atoms with Crippen LogP contribution in [-0.4, -0.2) is 19.2 Å². The van der Waals surface area contributed by atoms with Crippen molar-refractivity contribution in [3.8, 4) is 0 Å². The first-order valence-corrected chi connectivity index (χ1v) is 7.38. The molecule has 3 N–H and O–H groups in total. The van der Waals surface area contributed by atoms with Gasteiger partial charge in [-0.3, -0.25) is 0 Å². The Labute approximate surface area is 101 Å². The van der Waals surface area contributed by atoms with E-state index in [9.17, 15) is 8.42 Å². The monoisotopic (exact) mass is 252 g/mol. The summed E-state index contributed by atoms with van der Waals surface area (Å²) in [4.78, 5) is 3.11. The Morgan fingerprint density at radius 1 is 1.29 bits per heavy atom. The van der Waals surface area contributed by atoms with Crippen molar-refractivity contribution < 1.29 is 8.42 Å². The minimum Gasteiger partial charge on any atom is -0.361 e. The van der Waals surface area contributed by atoms with Gasteiger partial charge >= 0.3 is 0 Å². The highest BCUT2D eigenvalue weighted by Crippen LogP contribution is 2.23. The number of hydrogen-bond acceptors (Lipinski definition) is 3. The fourth-order valence-corrected chi connectivity index (χ4v) is 2.82. The summed E-state index contributed by atoms with van der Waals surface area (Å²) in [6.07, 6.45) is 1.76. The molecule has 0 bridgehead atoms. The van der Waals surface area contributed by atoms with Crippen LogP contribution in [0, 0.1) is 0 Å². The minimum atomic E-state index is -3.00. The molecule has 0 aliphatic rings. The number of benzene rings is 1. The van der Waals surface area contributed by atoms with Gasteiger partial charge in [0.25, 0.3) is 0 Å². The smallest absolute Gasteiger partial charge is 0.154 e. The molecule has 0 saturated heterocycles. The molecular weight excluding hydrogens is 236 g/mol. The van der Waals surface area contributed by atoms with Crippen LogP contribution in [0.15, 0.2) is 24.4 Å². The van der Waals surface area contributed by atoms with E-state index in [1.807, 2.05) is 18.2 Å². The number of nitrogens with two attached hydrogens (primary N) is 1. The van der Waals surface area contributed by atoms with Gasteiger partial charge in [-0.2, -0.15) is 0 Å². The second-order valence-corrected chi connectivity index (χ2v) is 6.39. The molecule has 92 valence electrons. The van der Waals surface area contributed by atoms with Crippen molar-refractivity contribution in [2.45, 2.75) is 19.2 Å². The SMILES string of the molecule is CCS(=O)(=O)Cc1c[nH]c2c(CN)cccc12. The van der Waals surface area contributed by atoms with Crippen LogP contribution in [0.5, 0.6) is 0 Å². The van der Waals surface area contributed by atoms with Gasteiger partial charge in [-0.15, -0.1) is 0 Å². The predicted octanol–water partition coefficient (Wildman–Crippen LogP) is 1.56. The topological polar surface area (TPSA) is 76.0 Å². The van der Waals surface area contributed by atoms with Gasteiger partial charge in [0.05, 0.1) is 11.3 Å². The summed E-state index contributed by atoms with van der Waals surface area (Å²) in [7, 11) is -3.00. The first-order chi connectivity index (χ1) is 8.07. The van der Waals surface area contributed by atoms with Crippen LogP contribution in [-0.2, 0) is 22.1 Å². The van der Waals surface area contributed by atoms with Crippen LogP contribution in [0.1, 0.15) is 18.1 Å². The third-order valence-electron chi connectivity index (χ3n) is 2.92. The van der Waals surface area contributed by atoms with Crippen molar-refractivity contribution in [2.24, 2.45) is 5.73 Å². The van der Waals surface area contributed by atoms with Gasteiger partial charge in [0.15, 0.2) is 9.84 Å². The lowest BCUT2D eigenvalue weighted by Gasteiger charge is -2.01. The molecule has 0 aliphatic heterocycles. The lowest BCUT2D eigenvalue weighted by Crippen LogP contribution is -2.06. The second-order valence-electron chi connectivity index (χ2n) is 4.03. The summed E-state index contributed by atoms with van der Waals surface area (Å²) in [5.41, 5.74) is 8.40. The number of aromatic amines is 1. The molecule has 17 heavy (non-hydrogen) atoms. The average molecular weight is 252 g/mol. The zero-order chi connectivity index (χ0) is 12.5. The van der Waals surface area contributed by atoms with Crippen LogP contribution in [0.25, 0.3) is 10.9 Å². The van der Waals surface area contributed by atoms with E-state index in [1.54, 1.807) is 13.1 Å². The number of para-hydroxylation sites is 1. The molecule has 0 amide bonds. The van der Waals surface area contributed by atoms with Gasteiger partial charge < -0.3 is 10.7 Å². The molecule has 1 heterocycles. The number of fused-ring (bicyclic) bond motifs is 1. The van der Waals surface area contributed by atoms with Gasteiger partial charge in [0.2, 0.25) is 0 Å². The molecule has 5 heteroatoms. The molecule has 0 aliphatic carbocycles. The lowest BCUT2D eigenvalue weighted by atomic mass is 10.1. The molecule has 0 saturated carbocycles. The third kappa shape index (κ3) is 2.35. The lowest BCUT2D eigenvalue weighted by molar-refractivity contribution is 0.596. The molecule has 0 fully saturated rings. The van der Waals surface area contributed by atoms with Crippen molar-refractivity contribution in [1.29, 1.82) is 0 Å². The van der Waals surface area contributed by atoms with Crippen molar-refractivity contribution in [3.63, 3.8) is 0 Å². The van der Waals surface area contributed by atoms with E-state index in [0.29, 0.717) is 6.54 Å². The van der Waals surface area contributed by atoms with E-state index in [4.69, 9.17) is 5.73 Å². The zero-order valence-electron chi connectivity index (χ0n) is 9.73. The second kappa shape index (κ2) is 4.50. The molecule has 4 nitrogen and oxygen atoms in total. The molecule has 0 unspecified atom stereocenters. The van der Waals surface area contributed by atoms with Gasteiger partial charge in [-0.05, 0) is 11.1 Å². The standard InChI is InChI=1S/C12H16N2O2S/c1-2-17(15,16)8-10-7-14-12-9(6-13)4-3-5-11(10)12/h3-5,7,14H,2,6,8,13H2,1H3. The Morgan fingerprint density at radius 3 is 2.71 bits per heavy atom. The first kappa shape index (κ1) is 12.1. The molecule has 2 aromatic rings. The van der Waals surface area contributed by atoms with E-state index in [0.717, 1.165) is 22.0 Å². The largest absolute Gasteiger partial charge is 0.361 e. The quantitative estimate of drug-likeness (QED) is 0.867. The Kier molecular flexibility index (Phi) is 3.22. The Hall–Kier alpha value is -1.33. The maximum atomic E-state index is 11.6. The fourth-order valence-electron chi connectivity index (χ4n) is 1.90. The van der Waals surface area contributed by atoms with Crippen LogP contribution in [0.4, 0.5) is 0 Å². The third-order valence-corrected chi connectivity index (χ3v) is 4.55. The summed E-state index contributed by atoms with van der Waals surface area (Å²) in [5, 5.41) is 0.949. The Bertz CT molecular complexity index is 629. The van der Waals surface area contributed by atoms with Gasteiger partial charge in [-0.1, -0.05) is 25.1 Å². The summed E-state index contributed by atoms with van der Waals surface area (Å²) in [5.74, 6) is 0.244. The van der Waals surface area contributed by atoms with E-state index in [2.05, 4.69) is 4.98 Å². The van der Waals surface area contributed by atoms with Crippen LogP contribution in [0.2, 0.25) is 0 Å². The molecular formula is C12H16N2O2S. The van der Waals surface area contributed by atoms with Gasteiger partial charge in [0.1, 0.15) is 0 Å².